The molecule has 0 spiro atoms. The van der Waals surface area contributed by atoms with Crippen LogP contribution in [-0.4, -0.2) is 27.1 Å². The van der Waals surface area contributed by atoms with Gasteiger partial charge in [0.05, 0.1) is 18.0 Å². The second kappa shape index (κ2) is 7.97. The molecule has 0 radical (unpaired) electrons. The molecule has 0 heterocycles. The van der Waals surface area contributed by atoms with Crippen LogP contribution in [0, 0.1) is 0 Å². The number of benzene rings is 2. The predicted octanol–water partition coefficient (Wildman–Crippen LogP) is 2.72. The van der Waals surface area contributed by atoms with E-state index in [2.05, 4.69) is 5.32 Å². The Labute approximate surface area is 143 Å². The average molecular weight is 346 g/mol. The Kier molecular flexibility index (Phi) is 5.98. The first-order valence-electron chi connectivity index (χ1n) is 7.79. The van der Waals surface area contributed by atoms with Crippen molar-refractivity contribution in [2.75, 3.05) is 17.1 Å². The number of hydrogen-bond donors (Lipinski definition) is 1. The first-order valence-corrected chi connectivity index (χ1v) is 9.63. The number of para-hydroxylation sites is 1. The molecule has 0 unspecified atom stereocenters. The SMILES string of the molecule is CC[C@H](NC(=O)CN(c1ccccc1)S(C)(=O)=O)c1ccccc1. The van der Waals surface area contributed by atoms with Gasteiger partial charge in [-0.15, -0.1) is 0 Å². The van der Waals surface area contributed by atoms with E-state index in [0.29, 0.717) is 5.69 Å². The van der Waals surface area contributed by atoms with Gasteiger partial charge in [-0.05, 0) is 24.1 Å². The fourth-order valence-corrected chi connectivity index (χ4v) is 3.33. The van der Waals surface area contributed by atoms with Gasteiger partial charge in [0.25, 0.3) is 0 Å². The van der Waals surface area contributed by atoms with Crippen LogP contribution in [0.4, 0.5) is 5.69 Å². The van der Waals surface area contributed by atoms with Crippen molar-refractivity contribution in [2.24, 2.45) is 0 Å². The third-order valence-electron chi connectivity index (χ3n) is 3.68. The standard InChI is InChI=1S/C18H22N2O3S/c1-3-17(15-10-6-4-7-11-15)19-18(21)14-20(24(2,22)23)16-12-8-5-9-13-16/h4-13,17H,3,14H2,1-2H3,(H,19,21)/t17-/m0/s1. The summed E-state index contributed by atoms with van der Waals surface area (Å²) in [5.41, 5.74) is 1.47. The lowest BCUT2D eigenvalue weighted by Crippen LogP contribution is -2.41. The lowest BCUT2D eigenvalue weighted by Gasteiger charge is -2.24. The molecule has 0 aliphatic rings. The van der Waals surface area contributed by atoms with Crippen LogP contribution >= 0.6 is 0 Å². The molecule has 0 fully saturated rings. The summed E-state index contributed by atoms with van der Waals surface area (Å²) in [5.74, 6) is -0.333. The van der Waals surface area contributed by atoms with Gasteiger partial charge in [0.1, 0.15) is 6.54 Å². The Bertz CT molecular complexity index is 761. The molecule has 0 saturated carbocycles. The molecule has 0 bridgehead atoms. The summed E-state index contributed by atoms with van der Waals surface area (Å²) in [6, 6.07) is 18.1. The molecule has 2 rings (SSSR count). The minimum Gasteiger partial charge on any atom is -0.348 e. The van der Waals surface area contributed by atoms with Crippen LogP contribution < -0.4 is 9.62 Å². The maximum Gasteiger partial charge on any atom is 0.241 e. The topological polar surface area (TPSA) is 66.5 Å². The molecule has 2 aromatic rings. The third kappa shape index (κ3) is 4.83. The lowest BCUT2D eigenvalue weighted by molar-refractivity contribution is -0.120. The first-order chi connectivity index (χ1) is 11.4. The quantitative estimate of drug-likeness (QED) is 0.838. The van der Waals surface area contributed by atoms with E-state index in [1.54, 1.807) is 30.3 Å². The van der Waals surface area contributed by atoms with Gasteiger partial charge >= 0.3 is 0 Å². The highest BCUT2D eigenvalue weighted by atomic mass is 32.2. The van der Waals surface area contributed by atoms with E-state index in [1.807, 2.05) is 37.3 Å². The maximum atomic E-state index is 12.4. The van der Waals surface area contributed by atoms with E-state index in [0.717, 1.165) is 22.5 Å². The van der Waals surface area contributed by atoms with Crippen molar-refractivity contribution < 1.29 is 13.2 Å². The molecule has 2 aromatic carbocycles. The molecule has 6 heteroatoms. The summed E-state index contributed by atoms with van der Waals surface area (Å²) in [5, 5.41) is 2.91. The van der Waals surface area contributed by atoms with Gasteiger partial charge in [-0.25, -0.2) is 8.42 Å². The number of sulfonamides is 1. The number of carbonyl (C=O) groups is 1. The average Bonchev–Trinajstić information content (AvgIpc) is 2.58. The van der Waals surface area contributed by atoms with E-state index in [4.69, 9.17) is 0 Å². The Morgan fingerprint density at radius 1 is 1.04 bits per heavy atom. The number of nitrogens with zero attached hydrogens (tertiary/aromatic N) is 1. The van der Waals surface area contributed by atoms with Crippen molar-refractivity contribution in [1.82, 2.24) is 5.32 Å². The Morgan fingerprint density at radius 3 is 2.08 bits per heavy atom. The van der Waals surface area contributed by atoms with Crippen molar-refractivity contribution in [2.45, 2.75) is 19.4 Å². The second-order valence-electron chi connectivity index (χ2n) is 5.54. The summed E-state index contributed by atoms with van der Waals surface area (Å²) in [6.07, 6.45) is 1.82. The van der Waals surface area contributed by atoms with Gasteiger partial charge in [0.2, 0.25) is 15.9 Å². The molecule has 0 aliphatic heterocycles. The van der Waals surface area contributed by atoms with Crippen LogP contribution in [-0.2, 0) is 14.8 Å². The molecule has 1 N–H and O–H groups in total. The maximum absolute atomic E-state index is 12.4. The summed E-state index contributed by atoms with van der Waals surface area (Å²) in [7, 11) is -3.55. The molecule has 1 atom stereocenters. The number of rotatable bonds is 7. The van der Waals surface area contributed by atoms with Crippen molar-refractivity contribution in [3.05, 3.63) is 66.2 Å². The highest BCUT2D eigenvalue weighted by Gasteiger charge is 2.22. The Balaban J connectivity index is 2.14. The molecule has 0 saturated heterocycles. The fourth-order valence-electron chi connectivity index (χ4n) is 2.47. The summed E-state index contributed by atoms with van der Waals surface area (Å²) in [6.45, 7) is 1.73. The van der Waals surface area contributed by atoms with Crippen molar-refractivity contribution in [1.29, 1.82) is 0 Å². The minimum atomic E-state index is -3.55. The second-order valence-corrected chi connectivity index (χ2v) is 7.45. The summed E-state index contributed by atoms with van der Waals surface area (Å²) >= 11 is 0. The minimum absolute atomic E-state index is 0.143. The zero-order chi connectivity index (χ0) is 17.6. The smallest absolute Gasteiger partial charge is 0.241 e. The molecule has 0 aliphatic carbocycles. The molecule has 0 aromatic heterocycles. The van der Waals surface area contributed by atoms with Crippen LogP contribution in [0.3, 0.4) is 0 Å². The van der Waals surface area contributed by atoms with Gasteiger partial charge < -0.3 is 5.32 Å². The van der Waals surface area contributed by atoms with Crippen LogP contribution in [0.25, 0.3) is 0 Å². The van der Waals surface area contributed by atoms with Gasteiger partial charge in [-0.3, -0.25) is 9.10 Å². The fraction of sp³-hybridized carbons (Fsp3) is 0.278. The monoisotopic (exact) mass is 346 g/mol. The number of carbonyl (C=O) groups excluding carboxylic acids is 1. The highest BCUT2D eigenvalue weighted by molar-refractivity contribution is 7.92. The van der Waals surface area contributed by atoms with Crippen LogP contribution in [0.5, 0.6) is 0 Å². The van der Waals surface area contributed by atoms with E-state index >= 15 is 0 Å². The number of hydrogen-bond acceptors (Lipinski definition) is 3. The lowest BCUT2D eigenvalue weighted by atomic mass is 10.0. The molecule has 5 nitrogen and oxygen atoms in total. The molecular weight excluding hydrogens is 324 g/mol. The first kappa shape index (κ1) is 18.0. The molecular formula is C18H22N2O3S. The zero-order valence-electron chi connectivity index (χ0n) is 13.8. The van der Waals surface area contributed by atoms with Crippen LogP contribution in [0.1, 0.15) is 24.9 Å². The third-order valence-corrected chi connectivity index (χ3v) is 4.82. The summed E-state index contributed by atoms with van der Waals surface area (Å²) in [4.78, 5) is 12.4. The number of amides is 1. The van der Waals surface area contributed by atoms with Crippen molar-refractivity contribution >= 4 is 21.6 Å². The van der Waals surface area contributed by atoms with Gasteiger partial charge in [0.15, 0.2) is 0 Å². The largest absolute Gasteiger partial charge is 0.348 e. The number of anilines is 1. The predicted molar refractivity (Wildman–Crippen MR) is 96.2 cm³/mol. The Hall–Kier alpha value is -2.34. The molecule has 128 valence electrons. The van der Waals surface area contributed by atoms with E-state index < -0.39 is 10.0 Å². The van der Waals surface area contributed by atoms with Gasteiger partial charge in [-0.1, -0.05) is 55.5 Å². The van der Waals surface area contributed by atoms with Gasteiger partial charge in [-0.2, -0.15) is 0 Å². The molecule has 1 amide bonds. The van der Waals surface area contributed by atoms with E-state index in [1.165, 1.54) is 0 Å². The Morgan fingerprint density at radius 2 is 1.58 bits per heavy atom. The van der Waals surface area contributed by atoms with E-state index in [9.17, 15) is 13.2 Å². The van der Waals surface area contributed by atoms with Crippen LogP contribution in [0.15, 0.2) is 60.7 Å². The van der Waals surface area contributed by atoms with Crippen molar-refractivity contribution in [3.63, 3.8) is 0 Å². The van der Waals surface area contributed by atoms with Crippen LogP contribution in [0.2, 0.25) is 0 Å². The van der Waals surface area contributed by atoms with Crippen molar-refractivity contribution in [3.8, 4) is 0 Å². The molecule has 24 heavy (non-hydrogen) atoms. The highest BCUT2D eigenvalue weighted by Crippen LogP contribution is 2.18. The zero-order valence-corrected chi connectivity index (χ0v) is 14.7. The van der Waals surface area contributed by atoms with Gasteiger partial charge in [0, 0.05) is 0 Å². The number of nitrogens with one attached hydrogen (secondary N) is 1. The normalized spacial score (nSPS) is 12.4. The summed E-state index contributed by atoms with van der Waals surface area (Å²) < 4.78 is 25.2. The van der Waals surface area contributed by atoms with E-state index in [-0.39, 0.29) is 18.5 Å².